The average Bonchev–Trinajstić information content (AvgIpc) is 3.87. The van der Waals surface area contributed by atoms with E-state index in [0.717, 1.165) is 30.3 Å². The Labute approximate surface area is 375 Å². The van der Waals surface area contributed by atoms with E-state index in [-0.39, 0.29) is 62.7 Å². The van der Waals surface area contributed by atoms with Crippen LogP contribution in [-0.4, -0.2) is 3.26 Å². The molecule has 0 aromatic heterocycles. The van der Waals surface area contributed by atoms with Crippen LogP contribution in [-0.2, 0) is 23.9 Å². The number of halogens is 2. The molecule has 8 unspecified atom stereocenters. The number of allylic oxidation sites excluding steroid dienone is 16. The van der Waals surface area contributed by atoms with Gasteiger partial charge in [0.05, 0.1) is 0 Å². The molecule has 0 aliphatic heterocycles. The van der Waals surface area contributed by atoms with Crippen LogP contribution in [0.4, 0.5) is 0 Å². The first-order valence-electron chi connectivity index (χ1n) is 20.5. The topological polar surface area (TPSA) is 0 Å². The molecule has 0 heterocycles. The Morgan fingerprint density at radius 3 is 1.59 bits per heavy atom. The van der Waals surface area contributed by atoms with Crippen LogP contribution in [0, 0.1) is 56.3 Å². The van der Waals surface area contributed by atoms with Gasteiger partial charge in [-0.05, 0) is 28.6 Å². The van der Waals surface area contributed by atoms with Gasteiger partial charge in [-0.25, -0.2) is 12.2 Å². The molecule has 0 nitrogen and oxygen atoms in total. The van der Waals surface area contributed by atoms with Gasteiger partial charge in [-0.15, -0.1) is 23.8 Å². The van der Waals surface area contributed by atoms with E-state index >= 15 is 0 Å². The molecule has 4 aromatic rings. The number of hydrogen-bond acceptors (Lipinski definition) is 0. The van der Waals surface area contributed by atoms with Crippen molar-refractivity contribution < 1.29 is 48.7 Å². The molecule has 6 aliphatic rings. The van der Waals surface area contributed by atoms with Crippen LogP contribution >= 0.6 is 0 Å². The molecule has 0 bridgehead atoms. The fourth-order valence-corrected chi connectivity index (χ4v) is 14.2. The minimum atomic E-state index is 0. The van der Waals surface area contributed by atoms with E-state index in [2.05, 4.69) is 226 Å². The van der Waals surface area contributed by atoms with Crippen LogP contribution < -0.4 is 24.8 Å². The van der Waals surface area contributed by atoms with Crippen molar-refractivity contribution in [3.63, 3.8) is 0 Å². The Kier molecular flexibility index (Phi) is 12.1. The van der Waals surface area contributed by atoms with E-state index in [1.165, 1.54) is 41.5 Å². The first-order chi connectivity index (χ1) is 26.7. The zero-order chi connectivity index (χ0) is 39.6. The summed E-state index contributed by atoms with van der Waals surface area (Å²) in [6.45, 7) is 20.3. The van der Waals surface area contributed by atoms with E-state index in [9.17, 15) is 0 Å². The van der Waals surface area contributed by atoms with Crippen LogP contribution in [0.2, 0.25) is 0 Å². The molecule has 4 aromatic carbocycles. The van der Waals surface area contributed by atoms with Crippen molar-refractivity contribution in [1.82, 2.24) is 0 Å². The molecular weight excluding hydrogens is 910 g/mol. The van der Waals surface area contributed by atoms with Crippen LogP contribution in [0.25, 0.3) is 21.5 Å². The Morgan fingerprint density at radius 2 is 1.09 bits per heavy atom. The van der Waals surface area contributed by atoms with Gasteiger partial charge in [-0.3, -0.25) is 6.08 Å². The zero-order valence-electron chi connectivity index (χ0n) is 35.3. The summed E-state index contributed by atoms with van der Waals surface area (Å²) in [6, 6.07) is 30.5. The van der Waals surface area contributed by atoms with Crippen LogP contribution in [0.15, 0.2) is 176 Å². The third-order valence-electron chi connectivity index (χ3n) is 16.7. The van der Waals surface area contributed by atoms with E-state index in [4.69, 9.17) is 0 Å². The van der Waals surface area contributed by atoms with Crippen LogP contribution in [0.1, 0.15) is 72.9 Å². The summed E-state index contributed by atoms with van der Waals surface area (Å²) >= 11 is 1.02. The third kappa shape index (κ3) is 5.79. The Balaban J connectivity index is 0.000000173. The normalized spacial score (nSPS) is 35.2. The predicted octanol–water partition coefficient (Wildman–Crippen LogP) is 8.07. The number of fused-ring (bicyclic) bond motifs is 10. The maximum atomic E-state index is 2.99. The molecule has 3 heteroatoms. The second-order valence-corrected chi connectivity index (χ2v) is 19.9. The monoisotopic (exact) mass is 966 g/mol. The van der Waals surface area contributed by atoms with Gasteiger partial charge in [0.1, 0.15) is 0 Å². The van der Waals surface area contributed by atoms with Crippen molar-refractivity contribution in [3.8, 4) is 0 Å². The molecule has 58 heavy (non-hydrogen) atoms. The molecule has 2 fully saturated rings. The molecule has 0 radical (unpaired) electrons. The van der Waals surface area contributed by atoms with Gasteiger partial charge >= 0.3 is 145 Å². The average molecular weight is 966 g/mol. The van der Waals surface area contributed by atoms with Crippen molar-refractivity contribution in [2.45, 2.75) is 61.8 Å². The van der Waals surface area contributed by atoms with Gasteiger partial charge < -0.3 is 31.2 Å². The Bertz CT molecular complexity index is 2390. The molecule has 0 saturated heterocycles. The Morgan fingerprint density at radius 1 is 0.603 bits per heavy atom. The molecule has 0 spiro atoms. The summed E-state index contributed by atoms with van der Waals surface area (Å²) in [5.74, 6) is 0.460. The standard InChI is InChI=1S/C29H37.C21H14.C5H5.2ClH.Hf/c1-21-14-13-15-22-20-27(6)25(4)18-10-9-16-23(25,2)24(3)17-11-12-19-26(24,5)29(27,8)28(21,22)7;1-3-13-20-16(7-1)9-5-11-18(20)15-19-12-6-10-17-8-2-4-14-21(17)19;1-2-4-5-3-1;;;/h9-20,22H,1-8H3;1-14H;1-3H,4H2;2*1H;/q-1;;-1;;;+2/p-2. The first-order valence-corrected chi connectivity index (χ1v) is 22.3. The molecule has 296 valence electrons. The van der Waals surface area contributed by atoms with Crippen LogP contribution in [0.3, 0.4) is 0 Å². The number of rotatable bonds is 2. The summed E-state index contributed by atoms with van der Waals surface area (Å²) in [6.07, 6.45) is 39.3. The number of benzene rings is 4. The molecule has 0 amide bonds. The van der Waals surface area contributed by atoms with Gasteiger partial charge in [0.25, 0.3) is 0 Å². The molecule has 8 atom stereocenters. The van der Waals surface area contributed by atoms with Gasteiger partial charge in [0.15, 0.2) is 0 Å². The second-order valence-electron chi connectivity index (χ2n) is 18.1. The maximum absolute atomic E-state index is 2.99. The van der Waals surface area contributed by atoms with Gasteiger partial charge in [-0.2, -0.15) is 6.08 Å². The molecule has 10 rings (SSSR count). The molecule has 2 saturated carbocycles. The third-order valence-corrected chi connectivity index (χ3v) is 18.7. The summed E-state index contributed by atoms with van der Waals surface area (Å²) in [5, 5.41) is 5.33. The molecule has 6 aliphatic carbocycles. The van der Waals surface area contributed by atoms with E-state index in [1.807, 2.05) is 12.2 Å². The second kappa shape index (κ2) is 15.9. The quantitative estimate of drug-likeness (QED) is 0.141. The molecule has 0 N–H and O–H groups in total. The summed E-state index contributed by atoms with van der Waals surface area (Å²) in [7, 11) is 0. The summed E-state index contributed by atoms with van der Waals surface area (Å²) in [5.41, 5.74) is 4.49. The van der Waals surface area contributed by atoms with Crippen molar-refractivity contribution in [2.24, 2.45) is 43.8 Å². The van der Waals surface area contributed by atoms with E-state index in [1.54, 1.807) is 0 Å². The van der Waals surface area contributed by atoms with Crippen molar-refractivity contribution in [1.29, 1.82) is 0 Å². The fraction of sp³-hybridized carbons (Fsp3) is 0.309. The van der Waals surface area contributed by atoms with Crippen molar-refractivity contribution >= 4 is 24.8 Å². The predicted molar refractivity (Wildman–Crippen MR) is 237 cm³/mol. The van der Waals surface area contributed by atoms with E-state index < -0.39 is 0 Å². The first kappa shape index (κ1) is 44.2. The van der Waals surface area contributed by atoms with Crippen molar-refractivity contribution in [3.05, 3.63) is 199 Å². The van der Waals surface area contributed by atoms with Gasteiger partial charge in [0.2, 0.25) is 0 Å². The summed E-state index contributed by atoms with van der Waals surface area (Å²) < 4.78 is 1.47. The van der Waals surface area contributed by atoms with Crippen LogP contribution in [0.5, 0.6) is 0 Å². The van der Waals surface area contributed by atoms with Gasteiger partial charge in [-0.1, -0.05) is 115 Å². The summed E-state index contributed by atoms with van der Waals surface area (Å²) in [4.78, 5) is 0. The van der Waals surface area contributed by atoms with Crippen molar-refractivity contribution in [2.75, 3.05) is 0 Å². The van der Waals surface area contributed by atoms with Gasteiger partial charge in [0, 0.05) is 10.8 Å². The zero-order valence-corrected chi connectivity index (χ0v) is 40.4. The van der Waals surface area contributed by atoms with E-state index in [0.29, 0.717) is 5.92 Å². The SMILES string of the molecule is CC1=CC=CC2[CH-]C3(C)C4(C)C=CC=CC4(C)C4(C)C=CC=CC4(C)C3(C)C12C.[C-]1=CC=CC1.[Cl-].[Cl-].[Hf+2]=[C](c1cccc2ccccc12)c1cccc2ccccc12. The minimum absolute atomic E-state index is 0. The molecular formula is C55H56Cl2Hf-2. The Hall–Kier alpha value is -3.36. The fourth-order valence-electron chi connectivity index (χ4n) is 12.6. The number of hydrogen-bond donors (Lipinski definition) is 0.